The second-order valence-electron chi connectivity index (χ2n) is 6.81. The summed E-state index contributed by atoms with van der Waals surface area (Å²) in [5.41, 5.74) is 1.07. The quantitative estimate of drug-likeness (QED) is 0.520. The highest BCUT2D eigenvalue weighted by molar-refractivity contribution is 7.89. The molecule has 0 saturated heterocycles. The molecule has 0 aliphatic heterocycles. The summed E-state index contributed by atoms with van der Waals surface area (Å²) < 4.78 is 35.0. The number of aryl methyl sites for hydroxylation is 1. The van der Waals surface area contributed by atoms with Crippen molar-refractivity contribution in [1.82, 2.24) is 9.29 Å². The Hall–Kier alpha value is -3.14. The van der Waals surface area contributed by atoms with E-state index < -0.39 is 15.9 Å². The van der Waals surface area contributed by atoms with Crippen molar-refractivity contribution in [3.63, 3.8) is 0 Å². The van der Waals surface area contributed by atoms with Crippen LogP contribution in [0, 0.1) is 0 Å². The normalized spacial score (nSPS) is 11.2. The summed E-state index contributed by atoms with van der Waals surface area (Å²) in [6.45, 7) is 2.30. The molecule has 168 valence electrons. The molecule has 1 amide bonds. The lowest BCUT2D eigenvalue weighted by Crippen LogP contribution is -2.24. The van der Waals surface area contributed by atoms with Gasteiger partial charge in [-0.3, -0.25) is 9.59 Å². The number of sulfonamides is 1. The van der Waals surface area contributed by atoms with E-state index in [1.165, 1.54) is 48.2 Å². The minimum absolute atomic E-state index is 0.0393. The molecule has 2 aromatic carbocycles. The number of aromatic nitrogens is 1. The van der Waals surface area contributed by atoms with E-state index in [-0.39, 0.29) is 28.3 Å². The van der Waals surface area contributed by atoms with Gasteiger partial charge in [0.15, 0.2) is 0 Å². The average molecular weight is 476 g/mol. The number of carbonyl (C=O) groups is 1. The fourth-order valence-corrected chi connectivity index (χ4v) is 4.28. The number of pyridine rings is 1. The molecule has 2 N–H and O–H groups in total. The van der Waals surface area contributed by atoms with Crippen molar-refractivity contribution in [1.29, 1.82) is 0 Å². The Labute approximate surface area is 190 Å². The van der Waals surface area contributed by atoms with Crippen molar-refractivity contribution in [2.24, 2.45) is 0 Å². The van der Waals surface area contributed by atoms with E-state index in [1.807, 2.05) is 6.92 Å². The van der Waals surface area contributed by atoms with Crippen molar-refractivity contribution < 1.29 is 17.9 Å². The molecule has 0 unspecified atom stereocenters. The molecule has 0 bridgehead atoms. The van der Waals surface area contributed by atoms with E-state index >= 15 is 0 Å². The van der Waals surface area contributed by atoms with Crippen LogP contribution in [0.25, 0.3) is 0 Å². The molecule has 8 nitrogen and oxygen atoms in total. The standard InChI is InChI=1S/C22H22ClN3O5S/c1-3-26-14-18(9-11-21(26)27)25-22(28)16-6-10-19(31-2)20(12-16)32(29,30)24-13-15-4-7-17(23)8-5-15/h4-12,14,24H,3,13H2,1-2H3,(H,25,28). The highest BCUT2D eigenvalue weighted by atomic mass is 35.5. The molecule has 1 heterocycles. The van der Waals surface area contributed by atoms with Crippen molar-refractivity contribution in [2.45, 2.75) is 24.9 Å². The topological polar surface area (TPSA) is 106 Å². The molecule has 3 aromatic rings. The molecule has 3 rings (SSSR count). The lowest BCUT2D eigenvalue weighted by Gasteiger charge is -2.13. The monoisotopic (exact) mass is 475 g/mol. The van der Waals surface area contributed by atoms with E-state index in [0.29, 0.717) is 17.3 Å². The zero-order valence-electron chi connectivity index (χ0n) is 17.5. The minimum atomic E-state index is -3.99. The SMILES string of the molecule is CCn1cc(NC(=O)c2ccc(OC)c(S(=O)(=O)NCc3ccc(Cl)cc3)c2)ccc1=O. The van der Waals surface area contributed by atoms with Gasteiger partial charge in [-0.05, 0) is 48.9 Å². The number of nitrogens with zero attached hydrogens (tertiary/aromatic N) is 1. The average Bonchev–Trinajstić information content (AvgIpc) is 2.79. The number of amides is 1. The molecule has 0 saturated carbocycles. The van der Waals surface area contributed by atoms with Crippen LogP contribution in [-0.4, -0.2) is 26.0 Å². The summed E-state index contributed by atoms with van der Waals surface area (Å²) in [5, 5.41) is 3.22. The number of hydrogen-bond donors (Lipinski definition) is 2. The number of benzene rings is 2. The third-order valence-corrected chi connectivity index (χ3v) is 6.35. The van der Waals surface area contributed by atoms with E-state index in [9.17, 15) is 18.0 Å². The number of carbonyl (C=O) groups excluding carboxylic acids is 1. The summed E-state index contributed by atoms with van der Waals surface area (Å²) in [7, 11) is -2.64. The van der Waals surface area contributed by atoms with Crippen LogP contribution in [-0.2, 0) is 23.1 Å². The van der Waals surface area contributed by atoms with Crippen LogP contribution >= 0.6 is 11.6 Å². The molecule has 0 radical (unpaired) electrons. The molecule has 0 aliphatic carbocycles. The van der Waals surface area contributed by atoms with Gasteiger partial charge in [-0.25, -0.2) is 13.1 Å². The molecular formula is C22H22ClN3O5S. The van der Waals surface area contributed by atoms with Gasteiger partial charge in [0, 0.05) is 35.9 Å². The maximum Gasteiger partial charge on any atom is 0.255 e. The summed E-state index contributed by atoms with van der Waals surface area (Å²) in [6, 6.07) is 13.7. The first kappa shape index (κ1) is 23.5. The molecule has 0 fully saturated rings. The molecule has 0 aliphatic rings. The summed E-state index contributed by atoms with van der Waals surface area (Å²) >= 11 is 5.86. The van der Waals surface area contributed by atoms with Gasteiger partial charge in [0.2, 0.25) is 10.0 Å². The van der Waals surface area contributed by atoms with Crippen LogP contribution in [0.15, 0.2) is 70.5 Å². The number of rotatable bonds is 8. The van der Waals surface area contributed by atoms with Crippen molar-refractivity contribution in [3.8, 4) is 5.75 Å². The highest BCUT2D eigenvalue weighted by Crippen LogP contribution is 2.25. The Balaban J connectivity index is 1.84. The number of anilines is 1. The van der Waals surface area contributed by atoms with Crippen molar-refractivity contribution >= 4 is 33.2 Å². The number of methoxy groups -OCH3 is 1. The highest BCUT2D eigenvalue weighted by Gasteiger charge is 2.22. The largest absolute Gasteiger partial charge is 0.495 e. The molecule has 1 aromatic heterocycles. The van der Waals surface area contributed by atoms with Gasteiger partial charge in [0.25, 0.3) is 11.5 Å². The number of nitrogens with one attached hydrogen (secondary N) is 2. The minimum Gasteiger partial charge on any atom is -0.495 e. The van der Waals surface area contributed by atoms with E-state index in [1.54, 1.807) is 24.3 Å². The molecule has 32 heavy (non-hydrogen) atoms. The Kier molecular flexibility index (Phi) is 7.34. The first-order valence-electron chi connectivity index (χ1n) is 9.67. The summed E-state index contributed by atoms with van der Waals surface area (Å²) in [6.07, 6.45) is 1.52. The van der Waals surface area contributed by atoms with E-state index in [4.69, 9.17) is 16.3 Å². The maximum atomic E-state index is 12.9. The molecule has 10 heteroatoms. The Morgan fingerprint density at radius 1 is 1.09 bits per heavy atom. The predicted octanol–water partition coefficient (Wildman–Crippen LogP) is 3.26. The zero-order chi connectivity index (χ0) is 23.3. The molecule has 0 atom stereocenters. The third-order valence-electron chi connectivity index (χ3n) is 4.68. The smallest absolute Gasteiger partial charge is 0.255 e. The molecular weight excluding hydrogens is 454 g/mol. The fraction of sp³-hybridized carbons (Fsp3) is 0.182. The van der Waals surface area contributed by atoms with Gasteiger partial charge in [-0.15, -0.1) is 0 Å². The Morgan fingerprint density at radius 3 is 2.47 bits per heavy atom. The van der Waals surface area contributed by atoms with Gasteiger partial charge < -0.3 is 14.6 Å². The number of ether oxygens (including phenoxy) is 1. The summed E-state index contributed by atoms with van der Waals surface area (Å²) in [4.78, 5) is 24.3. The van der Waals surface area contributed by atoms with Crippen LogP contribution in [0.4, 0.5) is 5.69 Å². The maximum absolute atomic E-state index is 12.9. The van der Waals surface area contributed by atoms with Crippen LogP contribution in [0.2, 0.25) is 5.02 Å². The first-order valence-corrected chi connectivity index (χ1v) is 11.5. The molecule has 0 spiro atoms. The van der Waals surface area contributed by atoms with Crippen LogP contribution in [0.3, 0.4) is 0 Å². The lowest BCUT2D eigenvalue weighted by atomic mass is 10.2. The zero-order valence-corrected chi connectivity index (χ0v) is 19.0. The second kappa shape index (κ2) is 9.99. The van der Waals surface area contributed by atoms with Crippen LogP contribution in [0.5, 0.6) is 5.75 Å². The van der Waals surface area contributed by atoms with Gasteiger partial charge in [-0.1, -0.05) is 23.7 Å². The first-order chi connectivity index (χ1) is 15.2. The van der Waals surface area contributed by atoms with Crippen LogP contribution < -0.4 is 20.3 Å². The Morgan fingerprint density at radius 2 is 1.81 bits per heavy atom. The predicted molar refractivity (Wildman–Crippen MR) is 123 cm³/mol. The van der Waals surface area contributed by atoms with Gasteiger partial charge >= 0.3 is 0 Å². The third kappa shape index (κ3) is 5.56. The van der Waals surface area contributed by atoms with Crippen molar-refractivity contribution in [3.05, 3.63) is 87.3 Å². The van der Waals surface area contributed by atoms with Gasteiger partial charge in [0.1, 0.15) is 10.6 Å². The lowest BCUT2D eigenvalue weighted by molar-refractivity contribution is 0.102. The van der Waals surface area contributed by atoms with Crippen LogP contribution in [0.1, 0.15) is 22.8 Å². The van der Waals surface area contributed by atoms with E-state index in [2.05, 4.69) is 10.0 Å². The number of hydrogen-bond acceptors (Lipinski definition) is 5. The van der Waals surface area contributed by atoms with Crippen molar-refractivity contribution in [2.75, 3.05) is 12.4 Å². The summed E-state index contributed by atoms with van der Waals surface area (Å²) in [5.74, 6) is -0.423. The Bertz CT molecular complexity index is 1290. The fourth-order valence-electron chi connectivity index (χ4n) is 2.94. The second-order valence-corrected chi connectivity index (χ2v) is 8.98. The van der Waals surface area contributed by atoms with Gasteiger partial charge in [0.05, 0.1) is 12.8 Å². The number of halogens is 1. The van der Waals surface area contributed by atoms with E-state index in [0.717, 1.165) is 5.56 Å². The van der Waals surface area contributed by atoms with Gasteiger partial charge in [-0.2, -0.15) is 0 Å².